The van der Waals surface area contributed by atoms with Gasteiger partial charge in [0.2, 0.25) is 0 Å². The average Bonchev–Trinajstić information content (AvgIpc) is 2.78. The molecule has 3 rings (SSSR count). The Hall–Kier alpha value is -2.53. The van der Waals surface area contributed by atoms with E-state index in [2.05, 4.69) is 107 Å². The van der Waals surface area contributed by atoms with Gasteiger partial charge < -0.3 is 20.9 Å². The second kappa shape index (κ2) is 10.5. The molecule has 0 spiro atoms. The summed E-state index contributed by atoms with van der Waals surface area (Å²) in [5.74, 6) is 0.885. The third-order valence-electron chi connectivity index (χ3n) is 5.79. The molecule has 1 unspecified atom stereocenters. The molecule has 1 fully saturated rings. The Morgan fingerprint density at radius 3 is 2.23 bits per heavy atom. The van der Waals surface area contributed by atoms with Crippen LogP contribution in [0.15, 0.2) is 65.7 Å². The van der Waals surface area contributed by atoms with Gasteiger partial charge in [0.25, 0.3) is 0 Å². The lowest BCUT2D eigenvalue weighted by atomic mass is 10.0. The zero-order valence-electron chi connectivity index (χ0n) is 18.9. The highest BCUT2D eigenvalue weighted by Crippen LogP contribution is 2.19. The van der Waals surface area contributed by atoms with Crippen molar-refractivity contribution < 1.29 is 0 Å². The third kappa shape index (κ3) is 6.49. The van der Waals surface area contributed by atoms with Crippen molar-refractivity contribution in [3.8, 4) is 0 Å². The van der Waals surface area contributed by atoms with E-state index in [0.717, 1.165) is 38.4 Å². The summed E-state index contributed by atoms with van der Waals surface area (Å²) in [5.41, 5.74) is 2.56. The van der Waals surface area contributed by atoms with Crippen LogP contribution in [0.25, 0.3) is 0 Å². The van der Waals surface area contributed by atoms with Crippen molar-refractivity contribution in [1.29, 1.82) is 0 Å². The second-order valence-corrected chi connectivity index (χ2v) is 8.83. The number of piperidine rings is 1. The molecule has 0 aliphatic carbocycles. The Balaban J connectivity index is 1.44. The minimum atomic E-state index is -0.0659. The average molecular weight is 408 g/mol. The van der Waals surface area contributed by atoms with Gasteiger partial charge in [-0.2, -0.15) is 0 Å². The van der Waals surface area contributed by atoms with E-state index < -0.39 is 0 Å². The molecule has 0 radical (unpaired) electrons. The number of benzene rings is 2. The summed E-state index contributed by atoms with van der Waals surface area (Å²) in [6, 6.07) is 22.0. The predicted octanol–water partition coefficient (Wildman–Crippen LogP) is 3.95. The molecule has 1 aliphatic heterocycles. The van der Waals surface area contributed by atoms with Gasteiger partial charge in [0, 0.05) is 50.0 Å². The van der Waals surface area contributed by atoms with Crippen LogP contribution in [0.5, 0.6) is 0 Å². The number of aliphatic imine (C=N–C) groups is 1. The molecule has 2 aromatic carbocycles. The van der Waals surface area contributed by atoms with Crippen LogP contribution in [-0.4, -0.2) is 44.2 Å². The van der Waals surface area contributed by atoms with Crippen LogP contribution in [0.2, 0.25) is 0 Å². The van der Waals surface area contributed by atoms with Crippen molar-refractivity contribution in [2.45, 2.75) is 51.2 Å². The molecule has 0 bridgehead atoms. The summed E-state index contributed by atoms with van der Waals surface area (Å²) >= 11 is 0. The van der Waals surface area contributed by atoms with Gasteiger partial charge in [0.15, 0.2) is 5.96 Å². The minimum absolute atomic E-state index is 0.0659. The normalized spacial score (nSPS) is 16.9. The fourth-order valence-electron chi connectivity index (χ4n) is 4.08. The molecule has 0 saturated carbocycles. The summed E-state index contributed by atoms with van der Waals surface area (Å²) in [5, 5.41) is 10.9. The lowest BCUT2D eigenvalue weighted by Crippen LogP contribution is -2.54. The van der Waals surface area contributed by atoms with Gasteiger partial charge in [0.1, 0.15) is 0 Å². The number of nitrogens with one attached hydrogen (secondary N) is 3. The standard InChI is InChI=1S/C25H37N5/c1-20(21-11-7-5-8-12-21)29-25(2,3)19-27-24(26-4)28-22-15-17-30(18-16-22)23-13-9-6-10-14-23/h5-14,20,22,29H,15-19H2,1-4H3,(H2,26,27,28). The summed E-state index contributed by atoms with van der Waals surface area (Å²) in [6.07, 6.45) is 2.23. The number of hydrogen-bond acceptors (Lipinski definition) is 3. The number of hydrogen-bond donors (Lipinski definition) is 3. The van der Waals surface area contributed by atoms with Crippen molar-refractivity contribution >= 4 is 11.6 Å². The molecule has 1 aliphatic rings. The summed E-state index contributed by atoms with van der Waals surface area (Å²) in [4.78, 5) is 6.92. The Morgan fingerprint density at radius 2 is 1.63 bits per heavy atom. The first-order valence-corrected chi connectivity index (χ1v) is 11.1. The molecule has 3 N–H and O–H groups in total. The van der Waals surface area contributed by atoms with Crippen LogP contribution in [0.3, 0.4) is 0 Å². The van der Waals surface area contributed by atoms with E-state index in [1.54, 1.807) is 0 Å². The van der Waals surface area contributed by atoms with Gasteiger partial charge in [0.05, 0.1) is 0 Å². The molecule has 162 valence electrons. The number of rotatable bonds is 7. The van der Waals surface area contributed by atoms with E-state index in [-0.39, 0.29) is 5.54 Å². The first kappa shape index (κ1) is 22.2. The molecular weight excluding hydrogens is 370 g/mol. The summed E-state index contributed by atoms with van der Waals surface area (Å²) in [7, 11) is 1.85. The first-order valence-electron chi connectivity index (χ1n) is 11.1. The first-order chi connectivity index (χ1) is 14.5. The SMILES string of the molecule is CN=C(NCC(C)(C)NC(C)c1ccccc1)NC1CCN(c2ccccc2)CC1. The lowest BCUT2D eigenvalue weighted by Gasteiger charge is -2.35. The van der Waals surface area contributed by atoms with Gasteiger partial charge in [-0.25, -0.2) is 0 Å². The van der Waals surface area contributed by atoms with Crippen LogP contribution in [0, 0.1) is 0 Å². The van der Waals surface area contributed by atoms with Crippen molar-refractivity contribution in [3.05, 3.63) is 66.2 Å². The van der Waals surface area contributed by atoms with E-state index in [9.17, 15) is 0 Å². The lowest BCUT2D eigenvalue weighted by molar-refractivity contribution is 0.343. The van der Waals surface area contributed by atoms with Crippen molar-refractivity contribution in [3.63, 3.8) is 0 Å². The second-order valence-electron chi connectivity index (χ2n) is 8.83. The van der Waals surface area contributed by atoms with Crippen molar-refractivity contribution in [2.75, 3.05) is 31.6 Å². The van der Waals surface area contributed by atoms with Crippen molar-refractivity contribution in [1.82, 2.24) is 16.0 Å². The van der Waals surface area contributed by atoms with E-state index in [1.807, 2.05) is 7.05 Å². The largest absolute Gasteiger partial charge is 0.371 e. The van der Waals surface area contributed by atoms with E-state index in [1.165, 1.54) is 11.3 Å². The highest BCUT2D eigenvalue weighted by molar-refractivity contribution is 5.80. The fraction of sp³-hybridized carbons (Fsp3) is 0.480. The molecule has 5 heteroatoms. The number of guanidine groups is 1. The Bertz CT molecular complexity index is 780. The Labute approximate surface area is 182 Å². The molecule has 0 amide bonds. The molecule has 0 aromatic heterocycles. The number of nitrogens with zero attached hydrogens (tertiary/aromatic N) is 2. The number of anilines is 1. The van der Waals surface area contributed by atoms with Crippen LogP contribution >= 0.6 is 0 Å². The third-order valence-corrected chi connectivity index (χ3v) is 5.79. The Kier molecular flexibility index (Phi) is 7.75. The molecule has 5 nitrogen and oxygen atoms in total. The van der Waals surface area contributed by atoms with E-state index >= 15 is 0 Å². The van der Waals surface area contributed by atoms with E-state index in [4.69, 9.17) is 0 Å². The maximum atomic E-state index is 4.45. The molecule has 30 heavy (non-hydrogen) atoms. The smallest absolute Gasteiger partial charge is 0.191 e. The zero-order chi connectivity index (χ0) is 21.4. The van der Waals surface area contributed by atoms with Crippen LogP contribution in [0.4, 0.5) is 5.69 Å². The van der Waals surface area contributed by atoms with E-state index in [0.29, 0.717) is 12.1 Å². The molecule has 2 aromatic rings. The summed E-state index contributed by atoms with van der Waals surface area (Å²) in [6.45, 7) is 9.61. The van der Waals surface area contributed by atoms with Gasteiger partial charge in [-0.15, -0.1) is 0 Å². The molecule has 1 saturated heterocycles. The van der Waals surface area contributed by atoms with Gasteiger partial charge in [-0.05, 0) is 51.3 Å². The van der Waals surface area contributed by atoms with Gasteiger partial charge in [-0.3, -0.25) is 4.99 Å². The van der Waals surface area contributed by atoms with Gasteiger partial charge >= 0.3 is 0 Å². The highest BCUT2D eigenvalue weighted by Gasteiger charge is 2.23. The number of para-hydroxylation sites is 1. The van der Waals surface area contributed by atoms with Crippen LogP contribution < -0.4 is 20.9 Å². The zero-order valence-corrected chi connectivity index (χ0v) is 18.9. The maximum Gasteiger partial charge on any atom is 0.191 e. The predicted molar refractivity (Wildman–Crippen MR) is 128 cm³/mol. The van der Waals surface area contributed by atoms with Crippen molar-refractivity contribution in [2.24, 2.45) is 4.99 Å². The highest BCUT2D eigenvalue weighted by atomic mass is 15.2. The van der Waals surface area contributed by atoms with Crippen LogP contribution in [-0.2, 0) is 0 Å². The minimum Gasteiger partial charge on any atom is -0.371 e. The molecular formula is C25H37N5. The topological polar surface area (TPSA) is 51.7 Å². The van der Waals surface area contributed by atoms with Crippen LogP contribution in [0.1, 0.15) is 45.2 Å². The summed E-state index contributed by atoms with van der Waals surface area (Å²) < 4.78 is 0. The monoisotopic (exact) mass is 407 g/mol. The quantitative estimate of drug-likeness (QED) is 0.481. The Morgan fingerprint density at radius 1 is 1.03 bits per heavy atom. The maximum absolute atomic E-state index is 4.45. The molecule has 1 heterocycles. The van der Waals surface area contributed by atoms with Gasteiger partial charge in [-0.1, -0.05) is 48.5 Å². The fourth-order valence-corrected chi connectivity index (χ4v) is 4.08. The molecule has 1 atom stereocenters.